The number of amides is 1. The van der Waals surface area contributed by atoms with Crippen molar-refractivity contribution >= 4 is 34.9 Å². The molecule has 0 spiro atoms. The first-order valence-corrected chi connectivity index (χ1v) is 7.90. The van der Waals surface area contributed by atoms with Crippen LogP contribution < -0.4 is 10.1 Å². The van der Waals surface area contributed by atoms with E-state index < -0.39 is 28.7 Å². The molecule has 0 fully saturated rings. The largest absolute Gasteiger partial charge is 0.496 e. The fraction of sp³-hybridized carbons (Fsp3) is 0.176. The molecule has 8 nitrogen and oxygen atoms in total. The number of anilines is 1. The Kier molecular flexibility index (Phi) is 6.30. The molecule has 0 saturated carbocycles. The summed E-state index contributed by atoms with van der Waals surface area (Å²) in [6.07, 6.45) is -1.31. The van der Waals surface area contributed by atoms with E-state index in [2.05, 4.69) is 5.32 Å². The number of hydrogen-bond acceptors (Lipinski definition) is 6. The van der Waals surface area contributed by atoms with Gasteiger partial charge in [0.15, 0.2) is 6.10 Å². The van der Waals surface area contributed by atoms with Gasteiger partial charge in [-0.2, -0.15) is 0 Å². The molecule has 1 amide bonds. The van der Waals surface area contributed by atoms with Crippen LogP contribution >= 0.6 is 11.6 Å². The lowest BCUT2D eigenvalue weighted by Gasteiger charge is -2.15. The molecule has 2 rings (SSSR count). The molecule has 0 aliphatic rings. The molecule has 0 bridgehead atoms. The lowest BCUT2D eigenvalue weighted by atomic mass is 10.1. The van der Waals surface area contributed by atoms with Gasteiger partial charge in [-0.25, -0.2) is 9.18 Å². The van der Waals surface area contributed by atoms with E-state index in [0.29, 0.717) is 0 Å². The van der Waals surface area contributed by atoms with E-state index in [1.165, 1.54) is 32.2 Å². The van der Waals surface area contributed by atoms with Crippen LogP contribution in [0.1, 0.15) is 17.3 Å². The minimum absolute atomic E-state index is 0.0435. The molecule has 1 atom stereocenters. The number of benzene rings is 2. The first-order chi connectivity index (χ1) is 12.7. The summed E-state index contributed by atoms with van der Waals surface area (Å²) in [6.45, 7) is 1.27. The molecular formula is C17H14ClFN2O6. The van der Waals surface area contributed by atoms with Crippen LogP contribution in [0.4, 0.5) is 15.8 Å². The normalized spacial score (nSPS) is 11.4. The van der Waals surface area contributed by atoms with Crippen LogP contribution in [0.25, 0.3) is 0 Å². The number of halogens is 2. The van der Waals surface area contributed by atoms with Crippen LogP contribution in [0, 0.1) is 15.9 Å². The van der Waals surface area contributed by atoms with Crippen LogP contribution in [-0.4, -0.2) is 30.0 Å². The summed E-state index contributed by atoms with van der Waals surface area (Å²) in [7, 11) is 1.28. The van der Waals surface area contributed by atoms with Gasteiger partial charge in [0.2, 0.25) is 0 Å². The number of carbonyl (C=O) groups is 2. The second-order valence-corrected chi connectivity index (χ2v) is 5.74. The van der Waals surface area contributed by atoms with E-state index in [-0.39, 0.29) is 27.7 Å². The van der Waals surface area contributed by atoms with Crippen LogP contribution in [-0.2, 0) is 9.53 Å². The summed E-state index contributed by atoms with van der Waals surface area (Å²) in [5, 5.41) is 13.3. The van der Waals surface area contributed by atoms with Crippen molar-refractivity contribution in [3.63, 3.8) is 0 Å². The Morgan fingerprint density at radius 3 is 2.56 bits per heavy atom. The third kappa shape index (κ3) is 4.91. The summed E-state index contributed by atoms with van der Waals surface area (Å²) in [5.74, 6) is -2.51. The molecule has 1 N–H and O–H groups in total. The third-order valence-corrected chi connectivity index (χ3v) is 3.69. The Hall–Kier alpha value is -3.20. The van der Waals surface area contributed by atoms with Crippen LogP contribution in [0.5, 0.6) is 5.75 Å². The summed E-state index contributed by atoms with van der Waals surface area (Å²) in [4.78, 5) is 34.6. The highest BCUT2D eigenvalue weighted by atomic mass is 35.5. The SMILES string of the molecule is COc1ccc([N+](=O)[O-])cc1C(=O)O[C@@H](C)C(=O)Nc1ccc(Cl)cc1F. The van der Waals surface area contributed by atoms with Crippen molar-refractivity contribution in [1.29, 1.82) is 0 Å². The molecule has 10 heteroatoms. The van der Waals surface area contributed by atoms with E-state index >= 15 is 0 Å². The average Bonchev–Trinajstić information content (AvgIpc) is 2.63. The number of nitro groups is 1. The predicted molar refractivity (Wildman–Crippen MR) is 94.6 cm³/mol. The number of nitrogens with one attached hydrogen (secondary N) is 1. The van der Waals surface area contributed by atoms with Gasteiger partial charge in [-0.05, 0) is 31.2 Å². The van der Waals surface area contributed by atoms with Crippen molar-refractivity contribution in [2.75, 3.05) is 12.4 Å². The van der Waals surface area contributed by atoms with Crippen molar-refractivity contribution in [3.8, 4) is 5.75 Å². The first-order valence-electron chi connectivity index (χ1n) is 7.52. The highest BCUT2D eigenvalue weighted by molar-refractivity contribution is 6.30. The highest BCUT2D eigenvalue weighted by Gasteiger charge is 2.24. The quantitative estimate of drug-likeness (QED) is 0.454. The van der Waals surface area contributed by atoms with Crippen LogP contribution in [0.2, 0.25) is 5.02 Å². The van der Waals surface area contributed by atoms with Crippen molar-refractivity contribution in [1.82, 2.24) is 0 Å². The van der Waals surface area contributed by atoms with Gasteiger partial charge >= 0.3 is 5.97 Å². The minimum Gasteiger partial charge on any atom is -0.496 e. The van der Waals surface area contributed by atoms with Gasteiger partial charge < -0.3 is 14.8 Å². The van der Waals surface area contributed by atoms with Crippen LogP contribution in [0.15, 0.2) is 36.4 Å². The van der Waals surface area contributed by atoms with Crippen molar-refractivity contribution in [2.45, 2.75) is 13.0 Å². The maximum absolute atomic E-state index is 13.7. The van der Waals surface area contributed by atoms with Gasteiger partial charge in [0, 0.05) is 17.2 Å². The fourth-order valence-electron chi connectivity index (χ4n) is 2.07. The summed E-state index contributed by atoms with van der Waals surface area (Å²) in [6, 6.07) is 7.03. The maximum Gasteiger partial charge on any atom is 0.342 e. The molecular weight excluding hydrogens is 383 g/mol. The fourth-order valence-corrected chi connectivity index (χ4v) is 2.23. The molecule has 2 aromatic rings. The number of hydrogen-bond donors (Lipinski definition) is 1. The number of nitrogens with zero attached hydrogens (tertiary/aromatic N) is 1. The smallest absolute Gasteiger partial charge is 0.342 e. The zero-order chi connectivity index (χ0) is 20.1. The zero-order valence-electron chi connectivity index (χ0n) is 14.2. The second kappa shape index (κ2) is 8.45. The van der Waals surface area contributed by atoms with Gasteiger partial charge in [0.1, 0.15) is 17.1 Å². The molecule has 0 aliphatic heterocycles. The lowest BCUT2D eigenvalue weighted by molar-refractivity contribution is -0.384. The Bertz CT molecular complexity index is 905. The molecule has 0 unspecified atom stereocenters. The number of non-ortho nitro benzene ring substituents is 1. The molecule has 27 heavy (non-hydrogen) atoms. The van der Waals surface area contributed by atoms with Gasteiger partial charge in [-0.15, -0.1) is 0 Å². The summed E-state index contributed by atoms with van der Waals surface area (Å²) in [5.41, 5.74) is -0.702. The predicted octanol–water partition coefficient (Wildman–Crippen LogP) is 3.58. The lowest BCUT2D eigenvalue weighted by Crippen LogP contribution is -2.30. The molecule has 0 heterocycles. The number of methoxy groups -OCH3 is 1. The monoisotopic (exact) mass is 396 g/mol. The average molecular weight is 397 g/mol. The van der Waals surface area contributed by atoms with Crippen molar-refractivity contribution in [2.24, 2.45) is 0 Å². The standard InChI is InChI=1S/C17H14ClFN2O6/c1-9(16(22)20-14-5-3-10(18)7-13(14)19)27-17(23)12-8-11(21(24)25)4-6-15(12)26-2/h3-9H,1-2H3,(H,20,22)/t9-/m0/s1. The van der Waals surface area contributed by atoms with Crippen molar-refractivity contribution in [3.05, 3.63) is 62.9 Å². The third-order valence-electron chi connectivity index (χ3n) is 3.46. The molecule has 0 aliphatic carbocycles. The maximum atomic E-state index is 13.7. The van der Waals surface area contributed by atoms with E-state index in [1.807, 2.05) is 0 Å². The molecule has 2 aromatic carbocycles. The Labute approximate surface area is 158 Å². The molecule has 142 valence electrons. The Morgan fingerprint density at radius 1 is 1.26 bits per heavy atom. The molecule has 0 aromatic heterocycles. The van der Waals surface area contributed by atoms with E-state index in [1.54, 1.807) is 0 Å². The zero-order valence-corrected chi connectivity index (χ0v) is 15.0. The van der Waals surface area contributed by atoms with Gasteiger partial charge in [0.05, 0.1) is 17.7 Å². The van der Waals surface area contributed by atoms with E-state index in [0.717, 1.165) is 18.2 Å². The summed E-state index contributed by atoms with van der Waals surface area (Å²) < 4.78 is 23.7. The van der Waals surface area contributed by atoms with Gasteiger partial charge in [-0.3, -0.25) is 14.9 Å². The number of ether oxygens (including phenoxy) is 2. The van der Waals surface area contributed by atoms with E-state index in [4.69, 9.17) is 21.1 Å². The first kappa shape index (κ1) is 20.1. The topological polar surface area (TPSA) is 108 Å². The highest BCUT2D eigenvalue weighted by Crippen LogP contribution is 2.25. The summed E-state index contributed by atoms with van der Waals surface area (Å²) >= 11 is 5.63. The number of esters is 1. The minimum atomic E-state index is -1.31. The van der Waals surface area contributed by atoms with E-state index in [9.17, 15) is 24.1 Å². The number of rotatable bonds is 6. The van der Waals surface area contributed by atoms with Gasteiger partial charge in [-0.1, -0.05) is 11.6 Å². The van der Waals surface area contributed by atoms with Crippen molar-refractivity contribution < 1.29 is 28.4 Å². The second-order valence-electron chi connectivity index (χ2n) is 5.30. The Balaban J connectivity index is 2.13. The number of carbonyl (C=O) groups excluding carboxylic acids is 2. The number of nitro benzene ring substituents is 1. The van der Waals surface area contributed by atoms with Gasteiger partial charge in [0.25, 0.3) is 11.6 Å². The molecule has 0 saturated heterocycles. The Morgan fingerprint density at radius 2 is 1.96 bits per heavy atom. The van der Waals surface area contributed by atoms with Crippen LogP contribution in [0.3, 0.4) is 0 Å². The molecule has 0 radical (unpaired) electrons.